The Balaban J connectivity index is 1.75. The van der Waals surface area contributed by atoms with Crippen LogP contribution in [0.1, 0.15) is 43.1 Å². The molecule has 164 valence electrons. The maximum atomic E-state index is 13.1. The number of carbonyl (C=O) groups excluding carboxylic acids is 1. The number of ether oxygens (including phenoxy) is 2. The molecular weight excluding hydrogens is 417 g/mol. The van der Waals surface area contributed by atoms with Crippen LogP contribution in [0.15, 0.2) is 53.7 Å². The zero-order chi connectivity index (χ0) is 22.4. The van der Waals surface area contributed by atoms with Crippen molar-refractivity contribution < 1.29 is 18.7 Å². The zero-order valence-corrected chi connectivity index (χ0v) is 18.9. The third-order valence-electron chi connectivity index (χ3n) is 4.51. The van der Waals surface area contributed by atoms with Gasteiger partial charge < -0.3 is 14.0 Å². The molecule has 0 bridgehead atoms. The van der Waals surface area contributed by atoms with Crippen LogP contribution in [-0.4, -0.2) is 33.4 Å². The number of carbonyl (C=O) groups is 1. The lowest BCUT2D eigenvalue weighted by Crippen LogP contribution is -2.15. The van der Waals surface area contributed by atoms with Crippen molar-refractivity contribution in [2.45, 2.75) is 38.6 Å². The molecule has 31 heavy (non-hydrogen) atoms. The number of thioether (sulfide) groups is 1. The van der Waals surface area contributed by atoms with Gasteiger partial charge in [0.1, 0.15) is 17.3 Å². The minimum Gasteiger partial charge on any atom is -0.497 e. The van der Waals surface area contributed by atoms with E-state index in [9.17, 15) is 9.18 Å². The van der Waals surface area contributed by atoms with Crippen LogP contribution in [0.25, 0.3) is 0 Å². The van der Waals surface area contributed by atoms with E-state index in [4.69, 9.17) is 9.47 Å². The first-order chi connectivity index (χ1) is 14.9. The number of hydrogen-bond acceptors (Lipinski definition) is 6. The largest absolute Gasteiger partial charge is 0.497 e. The quantitative estimate of drug-likeness (QED) is 0.317. The number of nitrogens with zero attached hydrogens (tertiary/aromatic N) is 3. The highest BCUT2D eigenvalue weighted by molar-refractivity contribution is 7.99. The van der Waals surface area contributed by atoms with Gasteiger partial charge in [-0.05, 0) is 49.2 Å². The van der Waals surface area contributed by atoms with Crippen LogP contribution >= 0.6 is 11.8 Å². The molecule has 0 radical (unpaired) electrons. The molecule has 1 unspecified atom stereocenters. The van der Waals surface area contributed by atoms with E-state index in [2.05, 4.69) is 24.0 Å². The van der Waals surface area contributed by atoms with Crippen molar-refractivity contribution in [3.63, 3.8) is 0 Å². The lowest BCUT2D eigenvalue weighted by molar-refractivity contribution is 0.102. The third-order valence-corrected chi connectivity index (χ3v) is 5.48. The molecule has 0 saturated carbocycles. The normalized spacial score (nSPS) is 12.1. The number of Topliss-reactive ketones (excluding diaryl/α,β-unsaturated/α-hetero) is 1. The Kier molecular flexibility index (Phi) is 7.68. The second-order valence-corrected chi connectivity index (χ2v) is 8.45. The Bertz CT molecular complexity index is 1020. The van der Waals surface area contributed by atoms with E-state index in [-0.39, 0.29) is 23.5 Å². The summed E-state index contributed by atoms with van der Waals surface area (Å²) in [5, 5.41) is 9.30. The van der Waals surface area contributed by atoms with Crippen molar-refractivity contribution in [2.24, 2.45) is 5.92 Å². The Hall–Kier alpha value is -2.87. The van der Waals surface area contributed by atoms with Crippen LogP contribution in [-0.2, 0) is 6.54 Å². The van der Waals surface area contributed by atoms with Gasteiger partial charge in [0.05, 0.1) is 12.9 Å². The molecule has 0 aliphatic heterocycles. The molecule has 2 aromatic carbocycles. The first-order valence-electron chi connectivity index (χ1n) is 10.0. The van der Waals surface area contributed by atoms with Crippen molar-refractivity contribution in [3.05, 3.63) is 65.7 Å². The van der Waals surface area contributed by atoms with Gasteiger partial charge in [-0.25, -0.2) is 4.39 Å². The molecule has 0 N–H and O–H groups in total. The van der Waals surface area contributed by atoms with E-state index in [0.29, 0.717) is 40.5 Å². The van der Waals surface area contributed by atoms with Crippen LogP contribution in [0.2, 0.25) is 0 Å². The molecule has 0 saturated heterocycles. The van der Waals surface area contributed by atoms with Crippen LogP contribution in [0.4, 0.5) is 4.39 Å². The number of aromatic nitrogens is 3. The van der Waals surface area contributed by atoms with Gasteiger partial charge >= 0.3 is 0 Å². The second kappa shape index (κ2) is 10.4. The van der Waals surface area contributed by atoms with Crippen molar-refractivity contribution in [1.29, 1.82) is 0 Å². The summed E-state index contributed by atoms with van der Waals surface area (Å²) in [6.07, 6.45) is -0.347. The van der Waals surface area contributed by atoms with Crippen molar-refractivity contribution in [3.8, 4) is 11.5 Å². The van der Waals surface area contributed by atoms with E-state index in [1.165, 1.54) is 36.0 Å². The Morgan fingerprint density at radius 2 is 1.81 bits per heavy atom. The van der Waals surface area contributed by atoms with Crippen LogP contribution in [0.3, 0.4) is 0 Å². The summed E-state index contributed by atoms with van der Waals surface area (Å²) < 4.78 is 26.4. The van der Waals surface area contributed by atoms with Crippen LogP contribution in [0.5, 0.6) is 11.5 Å². The van der Waals surface area contributed by atoms with Gasteiger partial charge in [0.25, 0.3) is 0 Å². The summed E-state index contributed by atoms with van der Waals surface area (Å²) in [6.45, 7) is 6.82. The molecule has 0 spiro atoms. The van der Waals surface area contributed by atoms with E-state index in [0.717, 1.165) is 0 Å². The van der Waals surface area contributed by atoms with Gasteiger partial charge in [-0.3, -0.25) is 4.79 Å². The van der Waals surface area contributed by atoms with Crippen molar-refractivity contribution >= 4 is 17.5 Å². The molecule has 0 aliphatic carbocycles. The predicted octanol–water partition coefficient (Wildman–Crippen LogP) is 5.20. The summed E-state index contributed by atoms with van der Waals surface area (Å²) in [4.78, 5) is 12.5. The Morgan fingerprint density at radius 3 is 2.48 bits per heavy atom. The maximum Gasteiger partial charge on any atom is 0.191 e. The van der Waals surface area contributed by atoms with Crippen LogP contribution in [0, 0.1) is 11.7 Å². The van der Waals surface area contributed by atoms with Gasteiger partial charge in [-0.15, -0.1) is 10.2 Å². The molecule has 8 heteroatoms. The Labute approximate surface area is 185 Å². The van der Waals surface area contributed by atoms with Gasteiger partial charge in [-0.1, -0.05) is 31.7 Å². The topological polar surface area (TPSA) is 66.2 Å². The smallest absolute Gasteiger partial charge is 0.191 e. The average molecular weight is 444 g/mol. The summed E-state index contributed by atoms with van der Waals surface area (Å²) in [5.74, 6) is 2.16. The first kappa shape index (κ1) is 22.8. The van der Waals surface area contributed by atoms with E-state index in [1.807, 2.05) is 35.8 Å². The summed E-state index contributed by atoms with van der Waals surface area (Å²) in [6, 6.07) is 13.0. The molecule has 0 amide bonds. The molecule has 6 nitrogen and oxygen atoms in total. The predicted molar refractivity (Wildman–Crippen MR) is 118 cm³/mol. The molecule has 3 rings (SSSR count). The highest BCUT2D eigenvalue weighted by atomic mass is 32.2. The Morgan fingerprint density at radius 1 is 1.10 bits per heavy atom. The van der Waals surface area contributed by atoms with E-state index in [1.54, 1.807) is 7.11 Å². The number of benzene rings is 2. The minimum atomic E-state index is -0.365. The average Bonchev–Trinajstić information content (AvgIpc) is 3.14. The van der Waals surface area contributed by atoms with Gasteiger partial charge in [0, 0.05) is 18.2 Å². The van der Waals surface area contributed by atoms with E-state index >= 15 is 0 Å². The number of halogens is 1. The second-order valence-electron chi connectivity index (χ2n) is 7.50. The molecule has 0 aliphatic rings. The fourth-order valence-corrected chi connectivity index (χ4v) is 3.87. The molecule has 1 aromatic heterocycles. The highest BCUT2D eigenvalue weighted by Crippen LogP contribution is 2.27. The van der Waals surface area contributed by atoms with Gasteiger partial charge in [0.15, 0.2) is 22.9 Å². The minimum absolute atomic E-state index is 0.0914. The maximum absolute atomic E-state index is 13.1. The van der Waals surface area contributed by atoms with Gasteiger partial charge in [0.2, 0.25) is 0 Å². The number of rotatable bonds is 10. The highest BCUT2D eigenvalue weighted by Gasteiger charge is 2.21. The molecule has 0 fully saturated rings. The number of hydrogen-bond donors (Lipinski definition) is 0. The fraction of sp³-hybridized carbons (Fsp3) is 0.348. The monoisotopic (exact) mass is 443 g/mol. The van der Waals surface area contributed by atoms with Crippen molar-refractivity contribution in [1.82, 2.24) is 14.8 Å². The zero-order valence-electron chi connectivity index (χ0n) is 18.0. The summed E-state index contributed by atoms with van der Waals surface area (Å²) >= 11 is 1.32. The number of methoxy groups -OCH3 is 1. The van der Waals surface area contributed by atoms with Gasteiger partial charge in [-0.2, -0.15) is 0 Å². The van der Waals surface area contributed by atoms with Crippen molar-refractivity contribution in [2.75, 3.05) is 12.9 Å². The first-order valence-corrected chi connectivity index (χ1v) is 11.0. The molecule has 1 atom stereocenters. The lowest BCUT2D eigenvalue weighted by atomic mass is 10.1. The molecule has 1 heterocycles. The lowest BCUT2D eigenvalue weighted by Gasteiger charge is -2.18. The molecule has 3 aromatic rings. The SMILES string of the molecule is COc1cccc(OC(C)c2nnc(SCC(=O)c3ccc(F)cc3)n2CC(C)C)c1. The molecular formula is C23H26FN3O3S. The number of ketones is 1. The van der Waals surface area contributed by atoms with Crippen LogP contribution < -0.4 is 9.47 Å². The summed E-state index contributed by atoms with van der Waals surface area (Å²) in [7, 11) is 1.61. The van der Waals surface area contributed by atoms with E-state index < -0.39 is 0 Å². The standard InChI is InChI=1S/C23H26FN3O3S/c1-15(2)13-27-22(16(3)30-20-7-5-6-19(12-20)29-4)25-26-23(27)31-14-21(28)17-8-10-18(24)11-9-17/h5-12,15-16H,13-14H2,1-4H3. The summed E-state index contributed by atoms with van der Waals surface area (Å²) in [5.41, 5.74) is 0.471. The fourth-order valence-electron chi connectivity index (χ4n) is 3.02. The third kappa shape index (κ3) is 6.07.